The number of alkyl halides is 1. The molecule has 0 saturated heterocycles. The minimum absolute atomic E-state index is 0.278. The highest BCUT2D eigenvalue weighted by Gasteiger charge is 1.62. The van der Waals surface area contributed by atoms with Crippen molar-refractivity contribution in [2.45, 2.75) is 0 Å². The van der Waals surface area contributed by atoms with Crippen molar-refractivity contribution in [3.8, 4) is 0 Å². The Morgan fingerprint density at radius 1 is 2.50 bits per heavy atom. The van der Waals surface area contributed by atoms with E-state index in [4.69, 9.17) is 13.0 Å². The fourth-order valence-corrected chi connectivity index (χ4v) is 0. The van der Waals surface area contributed by atoms with E-state index in [1.807, 2.05) is 0 Å². The summed E-state index contributed by atoms with van der Waals surface area (Å²) >= 11 is 7.89. The Labute approximate surface area is 40.7 Å². The summed E-state index contributed by atoms with van der Waals surface area (Å²) in [4.78, 5) is 0. The molecule has 0 unspecified atom stereocenters. The molecule has 0 atom stereocenters. The monoisotopic (exact) mass is 142 g/mol. The molecule has 0 heterocycles. The Morgan fingerprint density at radius 2 is 2.75 bits per heavy atom. The molecule has 0 fully saturated rings. The maximum absolute atomic E-state index is 6.53. The van der Waals surface area contributed by atoms with Crippen LogP contribution in [0, 0.1) is 5.31 Å². The van der Waals surface area contributed by atoms with E-state index in [-0.39, 0.29) is 5.88 Å². The molecule has 2 heteroatoms. The predicted molar refractivity (Wildman–Crippen MR) is 23.9 cm³/mol. The van der Waals surface area contributed by atoms with E-state index >= 15 is 0 Å². The van der Waals surface area contributed by atoms with Gasteiger partial charge in [-0.25, -0.2) is 0 Å². The second kappa shape index (κ2) is 3.77. The van der Waals surface area contributed by atoms with E-state index in [0.29, 0.717) is 5.31 Å². The highest BCUT2D eigenvalue weighted by molar-refractivity contribution is 9.10. The lowest BCUT2D eigenvalue weighted by Gasteiger charge is -1.62. The van der Waals surface area contributed by atoms with Crippen molar-refractivity contribution >= 4 is 27.5 Å². The van der Waals surface area contributed by atoms with Crippen molar-refractivity contribution in [3.63, 3.8) is 0 Å². The first-order valence-corrected chi connectivity index (χ1v) is 2.14. The Morgan fingerprint density at radius 3 is 2.75 bits per heavy atom. The van der Waals surface area contributed by atoms with Crippen LogP contribution < -0.4 is 0 Å². The first kappa shape index (κ1) is 2.98. The zero-order valence-corrected chi connectivity index (χ0v) is 4.30. The SMILES string of the molecule is [2H][C](Br)CCl. The highest BCUT2D eigenvalue weighted by atomic mass is 79.9. The van der Waals surface area contributed by atoms with Gasteiger partial charge in [-0.3, -0.25) is 0 Å². The largest absolute Gasteiger partial charge is 0.125 e. The lowest BCUT2D eigenvalue weighted by atomic mass is 11.0. The minimum Gasteiger partial charge on any atom is -0.125 e. The van der Waals surface area contributed by atoms with Crippen molar-refractivity contribution in [2.75, 3.05) is 5.88 Å². The van der Waals surface area contributed by atoms with Gasteiger partial charge in [-0.15, -0.1) is 11.6 Å². The van der Waals surface area contributed by atoms with Crippen LogP contribution in [0.3, 0.4) is 0 Å². The summed E-state index contributed by atoms with van der Waals surface area (Å²) in [6.07, 6.45) is 0. The summed E-state index contributed by atoms with van der Waals surface area (Å²) in [5.41, 5.74) is 0. The molecule has 0 amide bonds. The van der Waals surface area contributed by atoms with Crippen LogP contribution in [0.1, 0.15) is 1.37 Å². The van der Waals surface area contributed by atoms with Crippen LogP contribution >= 0.6 is 27.5 Å². The summed E-state index contributed by atoms with van der Waals surface area (Å²) in [7, 11) is 0. The van der Waals surface area contributed by atoms with Crippen molar-refractivity contribution in [1.29, 1.82) is 0 Å². The second-order valence-electron chi connectivity index (χ2n) is 0.267. The lowest BCUT2D eigenvalue weighted by molar-refractivity contribution is 1.76. The van der Waals surface area contributed by atoms with Crippen molar-refractivity contribution in [3.05, 3.63) is 5.31 Å². The van der Waals surface area contributed by atoms with Gasteiger partial charge in [-0.1, -0.05) is 15.9 Å². The van der Waals surface area contributed by atoms with E-state index in [0.717, 1.165) is 0 Å². The van der Waals surface area contributed by atoms with Gasteiger partial charge in [0.15, 0.2) is 0 Å². The van der Waals surface area contributed by atoms with Crippen molar-refractivity contribution in [2.24, 2.45) is 0 Å². The molecule has 0 aromatic rings. The Bertz CT molecular complexity index is 23.6. The zero-order chi connectivity index (χ0) is 4.28. The fourth-order valence-electron chi connectivity index (χ4n) is 0. The lowest BCUT2D eigenvalue weighted by Crippen LogP contribution is -1.51. The van der Waals surface area contributed by atoms with E-state index in [9.17, 15) is 0 Å². The Balaban J connectivity index is 2.54. The van der Waals surface area contributed by atoms with E-state index < -0.39 is 0 Å². The molecule has 0 aromatic carbocycles. The van der Waals surface area contributed by atoms with Crippen LogP contribution in [-0.2, 0) is 0 Å². The summed E-state index contributed by atoms with van der Waals surface area (Å²) in [5, 5.41) is 0.333. The minimum atomic E-state index is 0.278. The number of hydrogen-bond acceptors (Lipinski definition) is 0. The number of hydrogen-bond donors (Lipinski definition) is 0. The summed E-state index contributed by atoms with van der Waals surface area (Å²) < 4.78 is 6.53. The molecule has 0 rings (SSSR count). The molecule has 0 aromatic heterocycles. The van der Waals surface area contributed by atoms with E-state index in [1.54, 1.807) is 0 Å². The molecule has 0 aliphatic carbocycles. The van der Waals surface area contributed by atoms with Gasteiger partial charge in [0, 0.05) is 12.6 Å². The van der Waals surface area contributed by atoms with Gasteiger partial charge < -0.3 is 0 Å². The summed E-state index contributed by atoms with van der Waals surface area (Å²) in [6.45, 7) is 0. The first-order valence-electron chi connectivity index (χ1n) is 1.31. The molecule has 0 bridgehead atoms. The molecular formula is C2H3BrCl. The van der Waals surface area contributed by atoms with Crippen molar-refractivity contribution in [1.82, 2.24) is 0 Å². The maximum Gasteiger partial charge on any atom is 0.0448 e. The molecule has 0 N–H and O–H groups in total. The number of halogens is 2. The Kier molecular flexibility index (Phi) is 2.81. The van der Waals surface area contributed by atoms with Gasteiger partial charge in [0.1, 0.15) is 0 Å². The molecule has 0 spiro atoms. The van der Waals surface area contributed by atoms with Gasteiger partial charge in [0.2, 0.25) is 0 Å². The van der Waals surface area contributed by atoms with Gasteiger partial charge >= 0.3 is 0 Å². The van der Waals surface area contributed by atoms with E-state index in [1.165, 1.54) is 0 Å². The molecule has 0 aliphatic heterocycles. The van der Waals surface area contributed by atoms with E-state index in [2.05, 4.69) is 15.9 Å². The molecule has 0 nitrogen and oxygen atoms in total. The van der Waals surface area contributed by atoms with Gasteiger partial charge in [-0.05, 0) is 0 Å². The first-order chi connectivity index (χ1) is 2.27. The standard InChI is InChI=1S/C2H3BrCl/c3-1-2-4/h1H,2H2/i1D. The fraction of sp³-hybridized carbons (Fsp3) is 0.500. The van der Waals surface area contributed by atoms with Crippen LogP contribution in [0.5, 0.6) is 0 Å². The molecule has 1 radical (unpaired) electrons. The zero-order valence-electron chi connectivity index (χ0n) is 2.96. The highest BCUT2D eigenvalue weighted by Crippen LogP contribution is 1.87. The van der Waals surface area contributed by atoms with Crippen LogP contribution in [0.2, 0.25) is 0 Å². The van der Waals surface area contributed by atoms with Gasteiger partial charge in [-0.2, -0.15) is 0 Å². The maximum atomic E-state index is 6.53. The van der Waals surface area contributed by atoms with Crippen molar-refractivity contribution < 1.29 is 1.37 Å². The molecule has 25 valence electrons. The molecule has 4 heavy (non-hydrogen) atoms. The molecule has 0 aliphatic rings. The quantitative estimate of drug-likeness (QED) is 0.491. The van der Waals surface area contributed by atoms with Gasteiger partial charge in [0.05, 0.1) is 0 Å². The Hall–Kier alpha value is 0.770. The normalized spacial score (nSPS) is 12.2. The molecule has 0 saturated carbocycles. The van der Waals surface area contributed by atoms with Crippen LogP contribution in [0.25, 0.3) is 0 Å². The smallest absolute Gasteiger partial charge is 0.0448 e. The summed E-state index contributed by atoms with van der Waals surface area (Å²) in [6, 6.07) is 0. The predicted octanol–water partition coefficient (Wildman–Crippen LogP) is 1.78. The molecular weight excluding hydrogens is 139 g/mol. The van der Waals surface area contributed by atoms with Crippen LogP contribution in [0.4, 0.5) is 0 Å². The average molecular weight is 143 g/mol. The third kappa shape index (κ3) is 2.77. The van der Waals surface area contributed by atoms with Gasteiger partial charge in [0.25, 0.3) is 0 Å². The summed E-state index contributed by atoms with van der Waals surface area (Å²) in [5.74, 6) is 0.278. The number of rotatable bonds is 1. The topological polar surface area (TPSA) is 0 Å². The third-order valence-corrected chi connectivity index (χ3v) is 0.787. The van der Waals surface area contributed by atoms with Crippen LogP contribution in [-0.4, -0.2) is 5.88 Å². The average Bonchev–Trinajstić information content (AvgIpc) is 1.38. The third-order valence-electron chi connectivity index (χ3n) is 0.0505. The second-order valence-corrected chi connectivity index (χ2v) is 1.10. The van der Waals surface area contributed by atoms with Crippen LogP contribution in [0.15, 0.2) is 0 Å².